The Labute approximate surface area is 368 Å². The normalized spacial score (nSPS) is 15.7. The minimum absolute atomic E-state index is 0.0756. The van der Waals surface area contributed by atoms with Crippen LogP contribution in [0.4, 0.5) is 0 Å². The largest absolute Gasteiger partial charge is 0.472 e. The van der Waals surface area contributed by atoms with Gasteiger partial charge in [-0.05, 0) is 116 Å². The maximum atomic E-state index is 12.7. The van der Waals surface area contributed by atoms with E-state index in [0.717, 1.165) is 77.0 Å². The van der Waals surface area contributed by atoms with E-state index < -0.39 is 76.7 Å². The van der Waals surface area contributed by atoms with Crippen LogP contribution in [0.15, 0.2) is 48.6 Å². The first-order valence-corrected chi connectivity index (χ1v) is 24.9. The molecule has 0 aromatic heterocycles. The number of carbonyl (C=O) groups is 2. The Balaban J connectivity index is 4.71. The number of ether oxygens (including phenoxy) is 2. The third-order valence-electron chi connectivity index (χ3n) is 9.99. The summed E-state index contributed by atoms with van der Waals surface area (Å²) in [6, 6.07) is 0. The zero-order valence-electron chi connectivity index (χ0n) is 37.7. The summed E-state index contributed by atoms with van der Waals surface area (Å²) in [7, 11) is -4.91. The molecule has 0 bridgehead atoms. The lowest BCUT2D eigenvalue weighted by molar-refractivity contribution is -0.161. The van der Waals surface area contributed by atoms with Gasteiger partial charge in [-0.2, -0.15) is 0 Å². The number of hydrogen-bond acceptors (Lipinski definition) is 12. The van der Waals surface area contributed by atoms with Gasteiger partial charge in [-0.1, -0.05) is 101 Å². The highest BCUT2D eigenvalue weighted by Gasteiger charge is 2.33. The van der Waals surface area contributed by atoms with E-state index >= 15 is 0 Å². The fourth-order valence-electron chi connectivity index (χ4n) is 6.10. The number of aliphatic hydroxyl groups excluding tert-OH is 5. The number of unbranched alkanes of at least 4 members (excludes halogenated alkanes) is 18. The van der Waals surface area contributed by atoms with E-state index in [0.29, 0.717) is 12.8 Å². The van der Waals surface area contributed by atoms with Crippen LogP contribution in [-0.2, 0) is 32.7 Å². The Morgan fingerprint density at radius 2 is 0.852 bits per heavy atom. The molecule has 0 aromatic carbocycles. The van der Waals surface area contributed by atoms with Crippen molar-refractivity contribution in [2.75, 3.05) is 26.4 Å². The number of hydrogen-bond donors (Lipinski definition) is 6. The van der Waals surface area contributed by atoms with Crippen molar-refractivity contribution in [3.05, 3.63) is 48.6 Å². The Morgan fingerprint density at radius 3 is 1.26 bits per heavy atom. The molecule has 6 N–H and O–H groups in total. The summed E-state index contributed by atoms with van der Waals surface area (Å²) in [6.45, 7) is 1.44. The molecule has 13 nitrogen and oxygen atoms in total. The van der Waals surface area contributed by atoms with E-state index in [9.17, 15) is 39.5 Å². The topological polar surface area (TPSA) is 210 Å². The van der Waals surface area contributed by atoms with Crippen LogP contribution in [0.5, 0.6) is 0 Å². The fraction of sp³-hybridized carbons (Fsp3) is 0.787. The van der Waals surface area contributed by atoms with Crippen molar-refractivity contribution in [2.24, 2.45) is 0 Å². The van der Waals surface area contributed by atoms with Gasteiger partial charge in [0.15, 0.2) is 6.10 Å². The first kappa shape index (κ1) is 58.8. The molecule has 0 aliphatic heterocycles. The summed E-state index contributed by atoms with van der Waals surface area (Å²) in [4.78, 5) is 35.4. The molecule has 1 unspecified atom stereocenters. The lowest BCUT2D eigenvalue weighted by atomic mass is 10.0. The highest BCUT2D eigenvalue weighted by Crippen LogP contribution is 2.43. The number of phosphoric acid groups is 1. The van der Waals surface area contributed by atoms with Crippen molar-refractivity contribution in [2.45, 2.75) is 211 Å². The zero-order chi connectivity index (χ0) is 45.2. The lowest BCUT2D eigenvalue weighted by Gasteiger charge is -2.26. The van der Waals surface area contributed by atoms with Gasteiger partial charge >= 0.3 is 19.8 Å². The molecule has 61 heavy (non-hydrogen) atoms. The quantitative estimate of drug-likeness (QED) is 0.0146. The molecule has 0 saturated carbocycles. The summed E-state index contributed by atoms with van der Waals surface area (Å²) in [5.74, 6) is -1.12. The molecule has 14 heteroatoms. The van der Waals surface area contributed by atoms with Gasteiger partial charge in [0, 0.05) is 12.8 Å². The van der Waals surface area contributed by atoms with Gasteiger partial charge in [-0.15, -0.1) is 0 Å². The summed E-state index contributed by atoms with van der Waals surface area (Å²) < 4.78 is 33.0. The number of rotatable bonds is 43. The van der Waals surface area contributed by atoms with Crippen LogP contribution in [-0.4, -0.2) is 99.3 Å². The third-order valence-corrected chi connectivity index (χ3v) is 10.9. The van der Waals surface area contributed by atoms with Gasteiger partial charge in [0.05, 0.1) is 19.8 Å². The van der Waals surface area contributed by atoms with E-state index in [1.165, 1.54) is 64.2 Å². The van der Waals surface area contributed by atoms with Crippen LogP contribution in [0, 0.1) is 0 Å². The van der Waals surface area contributed by atoms with Gasteiger partial charge in [-0.25, -0.2) is 4.57 Å². The number of allylic oxidation sites excluding steroid dienone is 8. The van der Waals surface area contributed by atoms with E-state index in [2.05, 4.69) is 62.5 Å². The van der Waals surface area contributed by atoms with E-state index in [1.807, 2.05) is 0 Å². The summed E-state index contributed by atoms with van der Waals surface area (Å²) >= 11 is 0. The summed E-state index contributed by atoms with van der Waals surface area (Å²) in [5.41, 5.74) is 0. The highest BCUT2D eigenvalue weighted by atomic mass is 31.2. The van der Waals surface area contributed by atoms with E-state index in [4.69, 9.17) is 23.6 Å². The molecule has 0 rings (SSSR count). The monoisotopic (exact) mass is 889 g/mol. The van der Waals surface area contributed by atoms with Gasteiger partial charge in [0.1, 0.15) is 31.0 Å². The molecule has 0 saturated heterocycles. The first-order valence-electron chi connectivity index (χ1n) is 23.4. The summed E-state index contributed by atoms with van der Waals surface area (Å²) in [6.07, 6.45) is 34.8. The molecule has 6 atom stereocenters. The lowest BCUT2D eigenvalue weighted by Crippen LogP contribution is -2.47. The average molecular weight is 889 g/mol. The molecule has 0 spiro atoms. The van der Waals surface area contributed by atoms with Gasteiger partial charge in [-0.3, -0.25) is 18.6 Å². The van der Waals surface area contributed by atoms with Crippen molar-refractivity contribution in [3.8, 4) is 0 Å². The van der Waals surface area contributed by atoms with Gasteiger partial charge in [0.25, 0.3) is 0 Å². The predicted molar refractivity (Wildman–Crippen MR) is 242 cm³/mol. The number of phosphoric ester groups is 1. The number of aliphatic hydroxyl groups is 5. The average Bonchev–Trinajstić information content (AvgIpc) is 3.25. The maximum Gasteiger partial charge on any atom is 0.472 e. The van der Waals surface area contributed by atoms with Crippen LogP contribution < -0.4 is 0 Å². The molecule has 0 aliphatic rings. The van der Waals surface area contributed by atoms with Crippen LogP contribution >= 0.6 is 7.82 Å². The number of carbonyl (C=O) groups excluding carboxylic acids is 2. The highest BCUT2D eigenvalue weighted by molar-refractivity contribution is 7.47. The molecular weight excluding hydrogens is 803 g/mol. The predicted octanol–water partition coefficient (Wildman–Crippen LogP) is 9.42. The minimum Gasteiger partial charge on any atom is -0.462 e. The molecular formula is C47H85O13P. The Bertz CT molecular complexity index is 1210. The first-order chi connectivity index (χ1) is 29.5. The zero-order valence-corrected chi connectivity index (χ0v) is 38.6. The molecule has 0 heterocycles. The maximum absolute atomic E-state index is 12.7. The van der Waals surface area contributed by atoms with Crippen molar-refractivity contribution < 1.29 is 63.1 Å². The Kier molecular flexibility index (Phi) is 40.3. The van der Waals surface area contributed by atoms with E-state index in [1.54, 1.807) is 0 Å². The Hall–Kier alpha value is -2.19. The standard InChI is InChI=1S/C47H85O13P/c1-3-5-7-9-11-13-15-17-19-21-23-25-27-29-31-33-35-44(51)57-38-41(39-58-61(55,56)59-40-43(50)47(54)46(53)42(49)37-48)60-45(52)36-34-32-30-28-26-24-22-20-18-16-14-12-10-8-6-4-2/h13-16,25-28,41-43,46-50,53-54H,3-12,17-24,29-40H2,1-2H3,(H,55,56)/b15-13?,16-14-,27-25?,28-26-/t41-,42-,43-,46-,47-/m1/s1. The van der Waals surface area contributed by atoms with Crippen LogP contribution in [0.3, 0.4) is 0 Å². The van der Waals surface area contributed by atoms with Crippen molar-refractivity contribution in [1.29, 1.82) is 0 Å². The second kappa shape index (κ2) is 41.8. The van der Waals surface area contributed by atoms with Crippen LogP contribution in [0.2, 0.25) is 0 Å². The van der Waals surface area contributed by atoms with Crippen LogP contribution in [0.25, 0.3) is 0 Å². The SMILES string of the molecule is CCCCCCC=CCCCCC=CCCCCC(=O)OC[C@H](COP(=O)(O)OC[C@@H](O)[C@@H](O)[C@H](O)[C@H](O)CO)OC(=O)CCCC/C=C\CCCC/C=C\CCCCCC. The van der Waals surface area contributed by atoms with Crippen LogP contribution in [0.1, 0.15) is 181 Å². The molecule has 0 amide bonds. The second-order valence-corrected chi connectivity index (χ2v) is 17.3. The van der Waals surface area contributed by atoms with Crippen molar-refractivity contribution in [1.82, 2.24) is 0 Å². The van der Waals surface area contributed by atoms with Crippen molar-refractivity contribution in [3.63, 3.8) is 0 Å². The molecule has 0 fully saturated rings. The second-order valence-electron chi connectivity index (χ2n) is 15.8. The van der Waals surface area contributed by atoms with E-state index in [-0.39, 0.29) is 12.8 Å². The number of esters is 2. The third kappa shape index (κ3) is 38.0. The van der Waals surface area contributed by atoms with Gasteiger partial charge < -0.3 is 39.9 Å². The smallest absolute Gasteiger partial charge is 0.462 e. The van der Waals surface area contributed by atoms with Gasteiger partial charge in [0.2, 0.25) is 0 Å². The molecule has 0 aromatic rings. The minimum atomic E-state index is -4.91. The molecule has 0 aliphatic carbocycles. The Morgan fingerprint density at radius 1 is 0.492 bits per heavy atom. The fourth-order valence-corrected chi connectivity index (χ4v) is 6.87. The molecule has 0 radical (unpaired) electrons. The summed E-state index contributed by atoms with van der Waals surface area (Å²) in [5, 5.41) is 48.2. The van der Waals surface area contributed by atoms with Crippen molar-refractivity contribution >= 4 is 19.8 Å². The molecule has 356 valence electrons.